The number of nitrogens with one attached hydrogen (secondary N) is 3. The van der Waals surface area contributed by atoms with Gasteiger partial charge >= 0.3 is 0 Å². The number of anilines is 1. The normalized spacial score (nSPS) is 15.1. The van der Waals surface area contributed by atoms with Crippen molar-refractivity contribution in [2.45, 2.75) is 23.4 Å². The predicted octanol–water partition coefficient (Wildman–Crippen LogP) is 2.40. The third-order valence-electron chi connectivity index (χ3n) is 5.83. The van der Waals surface area contributed by atoms with Gasteiger partial charge < -0.3 is 15.5 Å². The fourth-order valence-corrected chi connectivity index (χ4v) is 5.13. The second-order valence-corrected chi connectivity index (χ2v) is 10.5. The number of rotatable bonds is 9. The Morgan fingerprint density at radius 1 is 0.972 bits per heavy atom. The van der Waals surface area contributed by atoms with E-state index in [0.717, 1.165) is 5.56 Å². The number of halogens is 1. The van der Waals surface area contributed by atoms with Gasteiger partial charge in [0.1, 0.15) is 11.9 Å². The number of benzene rings is 3. The predicted molar refractivity (Wildman–Crippen MR) is 134 cm³/mol. The average Bonchev–Trinajstić information content (AvgIpc) is 2.84. The molecule has 36 heavy (non-hydrogen) atoms. The smallest absolute Gasteiger partial charge is 0.251 e. The van der Waals surface area contributed by atoms with Crippen LogP contribution in [-0.2, 0) is 21.2 Å². The first-order chi connectivity index (χ1) is 17.2. The first kappa shape index (κ1) is 25.5. The Kier molecular flexibility index (Phi) is 7.78. The number of hydrogen-bond acceptors (Lipinski definition) is 5. The highest BCUT2D eigenvalue weighted by Gasteiger charge is 2.28. The van der Waals surface area contributed by atoms with Crippen molar-refractivity contribution in [3.8, 4) is 0 Å². The molecule has 3 aromatic rings. The topological polar surface area (TPSA) is 108 Å². The van der Waals surface area contributed by atoms with Crippen molar-refractivity contribution in [1.29, 1.82) is 0 Å². The molecule has 1 atom stereocenters. The number of likely N-dealkylation sites (N-methyl/N-ethyl adjacent to an activating group) is 1. The lowest BCUT2D eigenvalue weighted by Crippen LogP contribution is -2.57. The average molecular weight is 511 g/mol. The number of nitrogens with zero attached hydrogens (tertiary/aromatic N) is 1. The molecule has 0 radical (unpaired) electrons. The van der Waals surface area contributed by atoms with Gasteiger partial charge in [0.2, 0.25) is 15.9 Å². The van der Waals surface area contributed by atoms with Crippen molar-refractivity contribution in [3.05, 3.63) is 95.8 Å². The van der Waals surface area contributed by atoms with Gasteiger partial charge in [-0.3, -0.25) is 9.59 Å². The maximum Gasteiger partial charge on any atom is 0.251 e. The molecule has 10 heteroatoms. The van der Waals surface area contributed by atoms with Crippen molar-refractivity contribution in [2.75, 3.05) is 25.5 Å². The van der Waals surface area contributed by atoms with E-state index < -0.39 is 33.7 Å². The molecule has 1 aliphatic rings. The summed E-state index contributed by atoms with van der Waals surface area (Å²) in [5.74, 6) is -1.45. The number of carbonyl (C=O) groups excluding carboxylic acids is 2. The van der Waals surface area contributed by atoms with Crippen LogP contribution < -0.4 is 15.4 Å². The quantitative estimate of drug-likeness (QED) is 0.410. The van der Waals surface area contributed by atoms with E-state index in [2.05, 4.69) is 15.4 Å². The molecule has 0 aromatic heterocycles. The van der Waals surface area contributed by atoms with E-state index in [1.807, 2.05) is 42.3 Å². The molecule has 1 aliphatic heterocycles. The fraction of sp³-hybridized carbons (Fsp3) is 0.231. The summed E-state index contributed by atoms with van der Waals surface area (Å²) < 4.78 is 41.0. The lowest BCUT2D eigenvalue weighted by atomic mass is 10.0. The third-order valence-corrected chi connectivity index (χ3v) is 7.37. The van der Waals surface area contributed by atoms with E-state index in [0.29, 0.717) is 18.8 Å². The summed E-state index contributed by atoms with van der Waals surface area (Å²) in [5.41, 5.74) is 1.45. The minimum Gasteiger partial charge on any atom is -0.340 e. The first-order valence-electron chi connectivity index (χ1n) is 11.4. The Morgan fingerprint density at radius 3 is 2.22 bits per heavy atom. The molecule has 3 N–H and O–H groups in total. The largest absolute Gasteiger partial charge is 0.340 e. The monoisotopic (exact) mass is 510 g/mol. The summed E-state index contributed by atoms with van der Waals surface area (Å²) in [6.07, 6.45) is 0.228. The number of sulfonamides is 1. The highest BCUT2D eigenvalue weighted by molar-refractivity contribution is 7.89. The zero-order valence-electron chi connectivity index (χ0n) is 19.6. The third kappa shape index (κ3) is 6.54. The Balaban J connectivity index is 1.45. The molecule has 0 aliphatic carbocycles. The SMILES string of the molecule is CN1CC(NS(=O)(=O)c2ccc(NC(=O)C(Cc3ccccc3)NC(=O)c3ccc(F)cc3)cc2)C1. The molecule has 2 amide bonds. The van der Waals surface area contributed by atoms with E-state index in [-0.39, 0.29) is 22.9 Å². The maximum absolute atomic E-state index is 13.2. The van der Waals surface area contributed by atoms with E-state index in [1.165, 1.54) is 48.5 Å². The van der Waals surface area contributed by atoms with Crippen molar-refractivity contribution >= 4 is 27.5 Å². The van der Waals surface area contributed by atoms with Crippen molar-refractivity contribution in [2.24, 2.45) is 0 Å². The molecule has 0 saturated carbocycles. The second-order valence-electron chi connectivity index (χ2n) is 8.78. The summed E-state index contributed by atoms with van der Waals surface area (Å²) in [4.78, 5) is 27.9. The van der Waals surface area contributed by atoms with Crippen LogP contribution in [0.25, 0.3) is 0 Å². The number of carbonyl (C=O) groups is 2. The summed E-state index contributed by atoms with van der Waals surface area (Å²) in [6, 6.07) is 19.0. The molecule has 0 bridgehead atoms. The highest BCUT2D eigenvalue weighted by Crippen LogP contribution is 2.17. The summed E-state index contributed by atoms with van der Waals surface area (Å²) in [7, 11) is -1.76. The molecule has 1 unspecified atom stereocenters. The van der Waals surface area contributed by atoms with Crippen LogP contribution in [0.5, 0.6) is 0 Å². The van der Waals surface area contributed by atoms with Gasteiger partial charge in [0.15, 0.2) is 0 Å². The van der Waals surface area contributed by atoms with Crippen LogP contribution >= 0.6 is 0 Å². The zero-order chi connectivity index (χ0) is 25.7. The zero-order valence-corrected chi connectivity index (χ0v) is 20.5. The lowest BCUT2D eigenvalue weighted by Gasteiger charge is -2.36. The Hall–Kier alpha value is -3.60. The van der Waals surface area contributed by atoms with E-state index in [9.17, 15) is 22.4 Å². The molecule has 0 spiro atoms. The summed E-state index contributed by atoms with van der Waals surface area (Å²) in [5, 5.41) is 5.45. The van der Waals surface area contributed by atoms with Crippen LogP contribution in [0.15, 0.2) is 83.8 Å². The number of hydrogen-bond donors (Lipinski definition) is 3. The van der Waals surface area contributed by atoms with Gasteiger partial charge in [-0.2, -0.15) is 0 Å². The molecule has 1 saturated heterocycles. The van der Waals surface area contributed by atoms with E-state index in [4.69, 9.17) is 0 Å². The molecule has 3 aromatic carbocycles. The van der Waals surface area contributed by atoms with Crippen LogP contribution in [0.1, 0.15) is 15.9 Å². The van der Waals surface area contributed by atoms with Gasteiger partial charge in [-0.15, -0.1) is 0 Å². The molecular formula is C26H27FN4O4S. The molecule has 8 nitrogen and oxygen atoms in total. The van der Waals surface area contributed by atoms with Crippen LogP contribution in [0.3, 0.4) is 0 Å². The van der Waals surface area contributed by atoms with Gasteiger partial charge in [-0.1, -0.05) is 30.3 Å². The molecule has 1 heterocycles. The molecule has 4 rings (SSSR count). The van der Waals surface area contributed by atoms with E-state index in [1.54, 1.807) is 0 Å². The Bertz CT molecular complexity index is 1310. The minimum atomic E-state index is -3.67. The van der Waals surface area contributed by atoms with Crippen LogP contribution in [0, 0.1) is 5.82 Å². The molecule has 1 fully saturated rings. The van der Waals surface area contributed by atoms with Crippen molar-refractivity contribution < 1.29 is 22.4 Å². The lowest BCUT2D eigenvalue weighted by molar-refractivity contribution is -0.118. The van der Waals surface area contributed by atoms with Gasteiger partial charge in [0.25, 0.3) is 5.91 Å². The minimum absolute atomic E-state index is 0.0977. The second kappa shape index (κ2) is 11.0. The van der Waals surface area contributed by atoms with Crippen molar-refractivity contribution in [3.63, 3.8) is 0 Å². The highest BCUT2D eigenvalue weighted by atomic mass is 32.2. The van der Waals surface area contributed by atoms with Crippen molar-refractivity contribution in [1.82, 2.24) is 14.9 Å². The van der Waals surface area contributed by atoms with Crippen LogP contribution in [-0.4, -0.2) is 57.4 Å². The number of amides is 2. The Labute approximate surface area is 209 Å². The summed E-state index contributed by atoms with van der Waals surface area (Å²) >= 11 is 0. The maximum atomic E-state index is 13.2. The van der Waals surface area contributed by atoms with Gasteiger partial charge in [0, 0.05) is 36.8 Å². The van der Waals surface area contributed by atoms with Gasteiger partial charge in [-0.25, -0.2) is 17.5 Å². The molecule has 188 valence electrons. The summed E-state index contributed by atoms with van der Waals surface area (Å²) in [6.45, 7) is 1.31. The number of likely N-dealkylation sites (tertiary alicyclic amines) is 1. The fourth-order valence-electron chi connectivity index (χ4n) is 3.91. The van der Waals surface area contributed by atoms with Gasteiger partial charge in [-0.05, 0) is 61.1 Å². The van der Waals surface area contributed by atoms with E-state index >= 15 is 0 Å². The first-order valence-corrected chi connectivity index (χ1v) is 12.9. The molecular weight excluding hydrogens is 483 g/mol. The van der Waals surface area contributed by atoms with Gasteiger partial charge in [0.05, 0.1) is 4.90 Å². The Morgan fingerprint density at radius 2 is 1.61 bits per heavy atom. The van der Waals surface area contributed by atoms with Crippen LogP contribution in [0.2, 0.25) is 0 Å². The van der Waals surface area contributed by atoms with Crippen LogP contribution in [0.4, 0.5) is 10.1 Å². The standard InChI is InChI=1S/C26H27FN4O4S/c1-31-16-22(17-31)30-36(34,35)23-13-11-21(12-14-23)28-26(33)24(15-18-5-3-2-4-6-18)29-25(32)19-7-9-20(27)10-8-19/h2-14,22,24,30H,15-17H2,1H3,(H,28,33)(H,29,32).